The first-order chi connectivity index (χ1) is 12.1. The fourth-order valence-corrected chi connectivity index (χ4v) is 2.11. The van der Waals surface area contributed by atoms with E-state index < -0.39 is 5.91 Å². The molecule has 2 rings (SSSR count). The van der Waals surface area contributed by atoms with Crippen LogP contribution in [0.15, 0.2) is 48.0 Å². The molecule has 0 aromatic heterocycles. The molecule has 1 amide bonds. The number of phenols is 1. The number of nitrogens with one attached hydrogen (secondary N) is 1. The van der Waals surface area contributed by atoms with Crippen LogP contribution >= 0.6 is 0 Å². The number of carbonyl (C=O) groups excluding carboxylic acids is 1. The molecular weight excluding hydrogens is 320 g/mol. The Morgan fingerprint density at radius 1 is 1.32 bits per heavy atom. The monoisotopic (exact) mass is 338 g/mol. The predicted octanol–water partition coefficient (Wildman–Crippen LogP) is 3.35. The normalized spacial score (nSPS) is 10.7. The van der Waals surface area contributed by atoms with Gasteiger partial charge in [0.15, 0.2) is 11.5 Å². The largest absolute Gasteiger partial charge is 0.504 e. The molecule has 6 heteroatoms. The summed E-state index contributed by atoms with van der Waals surface area (Å²) in [5, 5.41) is 21.6. The Hall–Kier alpha value is -3.46. The van der Waals surface area contributed by atoms with E-state index in [0.717, 1.165) is 0 Å². The van der Waals surface area contributed by atoms with Gasteiger partial charge in [0, 0.05) is 11.8 Å². The lowest BCUT2D eigenvalue weighted by atomic mass is 10.1. The number of nitriles is 1. The minimum atomic E-state index is -0.540. The van der Waals surface area contributed by atoms with Crippen LogP contribution in [0, 0.1) is 11.3 Å². The van der Waals surface area contributed by atoms with Crippen LogP contribution in [0.5, 0.6) is 17.2 Å². The quantitative estimate of drug-likeness (QED) is 0.622. The highest BCUT2D eigenvalue weighted by atomic mass is 16.5. The molecule has 0 unspecified atom stereocenters. The van der Waals surface area contributed by atoms with Crippen LogP contribution in [0.3, 0.4) is 0 Å². The lowest BCUT2D eigenvalue weighted by molar-refractivity contribution is -0.112. The number of ether oxygens (including phenoxy) is 2. The van der Waals surface area contributed by atoms with Crippen LogP contribution in [-0.4, -0.2) is 24.7 Å². The number of benzene rings is 2. The van der Waals surface area contributed by atoms with Crippen LogP contribution < -0.4 is 14.8 Å². The zero-order valence-corrected chi connectivity index (χ0v) is 13.9. The van der Waals surface area contributed by atoms with E-state index in [1.54, 1.807) is 43.3 Å². The summed E-state index contributed by atoms with van der Waals surface area (Å²) in [5.41, 5.74) is 1.01. The van der Waals surface area contributed by atoms with E-state index in [9.17, 15) is 15.2 Å². The molecule has 0 saturated heterocycles. The third-order valence-electron chi connectivity index (χ3n) is 3.29. The number of phenolic OH excluding ortho intramolecular Hbond substituents is 1. The average Bonchev–Trinajstić information content (AvgIpc) is 2.62. The maximum atomic E-state index is 12.3. The third kappa shape index (κ3) is 4.75. The summed E-state index contributed by atoms with van der Waals surface area (Å²) in [6.45, 7) is 2.19. The number of amides is 1. The van der Waals surface area contributed by atoms with Crippen molar-refractivity contribution in [2.45, 2.75) is 6.92 Å². The first-order valence-electron chi connectivity index (χ1n) is 7.60. The highest BCUT2D eigenvalue weighted by molar-refractivity contribution is 6.09. The molecule has 0 fully saturated rings. The fraction of sp³-hybridized carbons (Fsp3) is 0.158. The number of aromatic hydroxyl groups is 1. The molecule has 0 aliphatic rings. The number of methoxy groups -OCH3 is 1. The van der Waals surface area contributed by atoms with Crippen molar-refractivity contribution in [1.82, 2.24) is 0 Å². The Morgan fingerprint density at radius 2 is 2.12 bits per heavy atom. The second-order valence-corrected chi connectivity index (χ2v) is 5.02. The lowest BCUT2D eigenvalue weighted by Gasteiger charge is -2.08. The second kappa shape index (κ2) is 8.41. The molecule has 0 aliphatic heterocycles. The first kappa shape index (κ1) is 17.9. The van der Waals surface area contributed by atoms with Gasteiger partial charge in [0.1, 0.15) is 17.4 Å². The maximum Gasteiger partial charge on any atom is 0.266 e. The van der Waals surface area contributed by atoms with E-state index >= 15 is 0 Å². The first-order valence-corrected chi connectivity index (χ1v) is 7.60. The molecule has 2 N–H and O–H groups in total. The standard InChI is InChI=1S/C19H18N2O4/c1-3-25-18-10-13(7-8-17(18)22)9-14(12-20)19(23)21-15-5-4-6-16(11-15)24-2/h4-11,22H,3H2,1-2H3,(H,21,23). The van der Waals surface area contributed by atoms with E-state index in [2.05, 4.69) is 5.32 Å². The summed E-state index contributed by atoms with van der Waals surface area (Å²) >= 11 is 0. The van der Waals surface area contributed by atoms with E-state index in [4.69, 9.17) is 9.47 Å². The predicted molar refractivity (Wildman–Crippen MR) is 94.5 cm³/mol. The fourth-order valence-electron chi connectivity index (χ4n) is 2.11. The minimum absolute atomic E-state index is 0.00154. The van der Waals surface area contributed by atoms with E-state index in [-0.39, 0.29) is 11.3 Å². The number of hydrogen-bond acceptors (Lipinski definition) is 5. The molecule has 0 bridgehead atoms. The summed E-state index contributed by atoms with van der Waals surface area (Å²) in [6.07, 6.45) is 1.43. The van der Waals surface area contributed by atoms with Crippen molar-refractivity contribution in [3.8, 4) is 23.3 Å². The van der Waals surface area contributed by atoms with Gasteiger partial charge in [-0.15, -0.1) is 0 Å². The van der Waals surface area contributed by atoms with Gasteiger partial charge < -0.3 is 19.9 Å². The summed E-state index contributed by atoms with van der Waals surface area (Å²) in [7, 11) is 1.53. The van der Waals surface area contributed by atoms with Crippen molar-refractivity contribution in [3.63, 3.8) is 0 Å². The molecule has 128 valence electrons. The van der Waals surface area contributed by atoms with Gasteiger partial charge >= 0.3 is 0 Å². The van der Waals surface area contributed by atoms with Gasteiger partial charge in [-0.1, -0.05) is 12.1 Å². The van der Waals surface area contributed by atoms with Crippen molar-refractivity contribution >= 4 is 17.7 Å². The summed E-state index contributed by atoms with van der Waals surface area (Å²) in [5.74, 6) is 0.349. The summed E-state index contributed by atoms with van der Waals surface area (Å²) in [4.78, 5) is 12.3. The maximum absolute atomic E-state index is 12.3. The third-order valence-corrected chi connectivity index (χ3v) is 3.29. The molecule has 2 aromatic carbocycles. The van der Waals surface area contributed by atoms with Crippen LogP contribution in [0.25, 0.3) is 6.08 Å². The lowest BCUT2D eigenvalue weighted by Crippen LogP contribution is -2.13. The summed E-state index contributed by atoms with van der Waals surface area (Å²) < 4.78 is 10.4. The zero-order valence-electron chi connectivity index (χ0n) is 13.9. The van der Waals surface area contributed by atoms with Crippen LogP contribution in [-0.2, 0) is 4.79 Å². The smallest absolute Gasteiger partial charge is 0.266 e. The highest BCUT2D eigenvalue weighted by Gasteiger charge is 2.11. The van der Waals surface area contributed by atoms with Crippen molar-refractivity contribution in [1.29, 1.82) is 5.26 Å². The van der Waals surface area contributed by atoms with Gasteiger partial charge in [0.05, 0.1) is 13.7 Å². The molecule has 0 aliphatic carbocycles. The molecule has 25 heavy (non-hydrogen) atoms. The number of rotatable bonds is 6. The van der Waals surface area contributed by atoms with Crippen molar-refractivity contribution in [3.05, 3.63) is 53.6 Å². The Labute approximate surface area is 145 Å². The van der Waals surface area contributed by atoms with Crippen LogP contribution in [0.1, 0.15) is 12.5 Å². The number of carbonyl (C=O) groups is 1. The number of anilines is 1. The molecule has 0 spiro atoms. The topological polar surface area (TPSA) is 91.6 Å². The van der Waals surface area contributed by atoms with Crippen LogP contribution in [0.2, 0.25) is 0 Å². The van der Waals surface area contributed by atoms with E-state index in [0.29, 0.717) is 29.4 Å². The van der Waals surface area contributed by atoms with Gasteiger partial charge in [-0.3, -0.25) is 4.79 Å². The van der Waals surface area contributed by atoms with Gasteiger partial charge in [-0.05, 0) is 42.8 Å². The Bertz CT molecular complexity index is 838. The van der Waals surface area contributed by atoms with Crippen molar-refractivity contribution in [2.24, 2.45) is 0 Å². The molecule has 2 aromatic rings. The Morgan fingerprint density at radius 3 is 2.80 bits per heavy atom. The Kier molecular flexibility index (Phi) is 6.02. The van der Waals surface area contributed by atoms with Crippen LogP contribution in [0.4, 0.5) is 5.69 Å². The zero-order chi connectivity index (χ0) is 18.2. The Balaban J connectivity index is 2.23. The summed E-state index contributed by atoms with van der Waals surface area (Å²) in [6, 6.07) is 13.3. The van der Waals surface area contributed by atoms with Gasteiger partial charge in [0.25, 0.3) is 5.91 Å². The molecule has 0 saturated carbocycles. The van der Waals surface area contributed by atoms with E-state index in [1.807, 2.05) is 6.07 Å². The highest BCUT2D eigenvalue weighted by Crippen LogP contribution is 2.28. The number of hydrogen-bond donors (Lipinski definition) is 2. The van der Waals surface area contributed by atoms with Gasteiger partial charge in [-0.25, -0.2) is 0 Å². The second-order valence-electron chi connectivity index (χ2n) is 5.02. The molecular formula is C19H18N2O4. The van der Waals surface area contributed by atoms with Gasteiger partial charge in [0.2, 0.25) is 0 Å². The minimum Gasteiger partial charge on any atom is -0.504 e. The molecule has 6 nitrogen and oxygen atoms in total. The number of nitrogens with zero attached hydrogens (tertiary/aromatic N) is 1. The van der Waals surface area contributed by atoms with Crippen molar-refractivity contribution in [2.75, 3.05) is 19.0 Å². The van der Waals surface area contributed by atoms with E-state index in [1.165, 1.54) is 19.3 Å². The SMILES string of the molecule is CCOc1cc(C=C(C#N)C(=O)Nc2cccc(OC)c2)ccc1O. The molecule has 0 heterocycles. The molecule has 0 atom stereocenters. The average molecular weight is 338 g/mol. The van der Waals surface area contributed by atoms with Crippen molar-refractivity contribution < 1.29 is 19.4 Å². The molecule has 0 radical (unpaired) electrons. The van der Waals surface area contributed by atoms with Gasteiger partial charge in [-0.2, -0.15) is 5.26 Å².